The minimum absolute atomic E-state index is 0.887. The fourth-order valence-corrected chi connectivity index (χ4v) is 11.5. The molecule has 11 aromatic carbocycles. The molecule has 0 saturated carbocycles. The lowest BCUT2D eigenvalue weighted by Gasteiger charge is -2.26. The van der Waals surface area contributed by atoms with E-state index in [2.05, 4.69) is 229 Å². The quantitative estimate of drug-likeness (QED) is 0.167. The van der Waals surface area contributed by atoms with Crippen LogP contribution in [0.5, 0.6) is 0 Å². The van der Waals surface area contributed by atoms with Gasteiger partial charge in [-0.1, -0.05) is 152 Å². The average Bonchev–Trinajstić information content (AvgIpc) is 4.14. The highest BCUT2D eigenvalue weighted by Crippen LogP contribution is 2.45. The van der Waals surface area contributed by atoms with Gasteiger partial charge in [0.2, 0.25) is 0 Å². The van der Waals surface area contributed by atoms with Crippen LogP contribution in [0.4, 0.5) is 17.1 Å². The van der Waals surface area contributed by atoms with Crippen molar-refractivity contribution in [1.29, 1.82) is 0 Å². The van der Waals surface area contributed by atoms with Gasteiger partial charge in [-0.15, -0.1) is 0 Å². The number of nitrogens with zero attached hydrogens (tertiary/aromatic N) is 1. The van der Waals surface area contributed by atoms with Gasteiger partial charge >= 0.3 is 0 Å². The summed E-state index contributed by atoms with van der Waals surface area (Å²) in [7, 11) is 0. The molecule has 0 saturated heterocycles. The van der Waals surface area contributed by atoms with Crippen molar-refractivity contribution in [3.63, 3.8) is 0 Å². The van der Waals surface area contributed by atoms with Gasteiger partial charge in [-0.25, -0.2) is 0 Å². The Hall–Kier alpha value is -9.12. The number of rotatable bonds is 6. The Morgan fingerprint density at radius 3 is 1.21 bits per heavy atom. The zero-order valence-electron chi connectivity index (χ0n) is 37.9. The number of anilines is 3. The first-order valence-electron chi connectivity index (χ1n) is 24.1. The smallest absolute Gasteiger partial charge is 0.143 e. The molecule has 1 aliphatic carbocycles. The van der Waals surface area contributed by atoms with Crippen LogP contribution >= 0.6 is 0 Å². The van der Waals surface area contributed by atoms with E-state index < -0.39 is 0 Å². The molecule has 3 aromatic heterocycles. The van der Waals surface area contributed by atoms with Crippen molar-refractivity contribution in [2.24, 2.45) is 0 Å². The zero-order chi connectivity index (χ0) is 45.9. The van der Waals surface area contributed by atoms with Crippen LogP contribution in [0.15, 0.2) is 232 Å². The summed E-state index contributed by atoms with van der Waals surface area (Å²) in [5.41, 5.74) is 18.1. The summed E-state index contributed by atoms with van der Waals surface area (Å²) in [4.78, 5) is 2.35. The second kappa shape index (κ2) is 15.2. The van der Waals surface area contributed by atoms with Gasteiger partial charge in [-0.3, -0.25) is 0 Å². The van der Waals surface area contributed by atoms with Gasteiger partial charge in [-0.05, 0) is 135 Å². The molecule has 0 atom stereocenters. The summed E-state index contributed by atoms with van der Waals surface area (Å²) >= 11 is 0. The second-order valence-electron chi connectivity index (χ2n) is 18.6. The van der Waals surface area contributed by atoms with Crippen LogP contribution in [-0.4, -0.2) is 0 Å². The van der Waals surface area contributed by atoms with Gasteiger partial charge in [0.25, 0.3) is 0 Å². The summed E-state index contributed by atoms with van der Waals surface area (Å²) < 4.78 is 19.8. The highest BCUT2D eigenvalue weighted by molar-refractivity contribution is 6.20. The molecule has 3 heterocycles. The molecule has 0 spiro atoms. The summed E-state index contributed by atoms with van der Waals surface area (Å²) in [5, 5.41) is 11.4. The number of furan rings is 3. The number of allylic oxidation sites excluding steroid dienone is 1. The molecule has 0 unspecified atom stereocenters. The third-order valence-corrected chi connectivity index (χ3v) is 14.7. The molecular weight excluding hydrogens is 855 g/mol. The Bertz CT molecular complexity index is 4250. The lowest BCUT2D eigenvalue weighted by Crippen LogP contribution is -2.09. The summed E-state index contributed by atoms with van der Waals surface area (Å²) in [6, 6.07) is 76.3. The predicted octanol–water partition coefficient (Wildman–Crippen LogP) is 19.1. The Labute approximate surface area is 402 Å². The first kappa shape index (κ1) is 38.9. The average molecular weight is 896 g/mol. The van der Waals surface area contributed by atoms with Gasteiger partial charge in [0.15, 0.2) is 0 Å². The molecule has 0 N–H and O–H groups in total. The topological polar surface area (TPSA) is 42.7 Å². The van der Waals surface area contributed by atoms with Gasteiger partial charge < -0.3 is 18.2 Å². The van der Waals surface area contributed by atoms with E-state index in [1.54, 1.807) is 0 Å². The lowest BCUT2D eigenvalue weighted by atomic mass is 9.93. The maximum Gasteiger partial charge on any atom is 0.143 e. The van der Waals surface area contributed by atoms with Crippen molar-refractivity contribution in [2.75, 3.05) is 4.90 Å². The van der Waals surface area contributed by atoms with Gasteiger partial charge in [0.05, 0.1) is 0 Å². The SMILES string of the molecule is C1=Cc2ccc3c(oc4cccc(-c5ccc(N(c6ccc(-c7cccc8oc9c%10ccccc%10ccc9c78)cc6)c6ccc(-c7cccc8oc9c%10ccccc%10ccc9c78)cc6)cc5)c43)c2CC1. The fraction of sp³-hybridized carbons (Fsp3) is 0.0303. The van der Waals surface area contributed by atoms with E-state index in [0.29, 0.717) is 0 Å². The van der Waals surface area contributed by atoms with Crippen molar-refractivity contribution in [2.45, 2.75) is 12.8 Å². The molecular formula is C66H41NO3. The molecule has 4 heteroatoms. The van der Waals surface area contributed by atoms with E-state index >= 15 is 0 Å². The number of fused-ring (bicyclic) bond motifs is 15. The van der Waals surface area contributed by atoms with Gasteiger partial charge in [0.1, 0.15) is 33.5 Å². The molecule has 0 amide bonds. The Morgan fingerprint density at radius 2 is 0.743 bits per heavy atom. The van der Waals surface area contributed by atoms with Crippen molar-refractivity contribution < 1.29 is 13.3 Å². The number of aryl methyl sites for hydroxylation is 1. The van der Waals surface area contributed by atoms with E-state index in [9.17, 15) is 0 Å². The van der Waals surface area contributed by atoms with Crippen LogP contribution in [0.25, 0.3) is 127 Å². The van der Waals surface area contributed by atoms with E-state index in [1.165, 1.54) is 27.3 Å². The lowest BCUT2D eigenvalue weighted by molar-refractivity contribution is 0.661. The molecule has 0 aliphatic heterocycles. The Kier molecular flexibility index (Phi) is 8.45. The van der Waals surface area contributed by atoms with Crippen LogP contribution in [-0.2, 0) is 6.42 Å². The van der Waals surface area contributed by atoms with Crippen molar-refractivity contribution in [1.82, 2.24) is 0 Å². The van der Waals surface area contributed by atoms with Crippen molar-refractivity contribution >= 4 is 110 Å². The first-order valence-corrected chi connectivity index (χ1v) is 24.1. The monoisotopic (exact) mass is 895 g/mol. The minimum Gasteiger partial charge on any atom is -0.456 e. The number of hydrogen-bond donors (Lipinski definition) is 0. The fourth-order valence-electron chi connectivity index (χ4n) is 11.5. The van der Waals surface area contributed by atoms with Crippen molar-refractivity contribution in [3.05, 3.63) is 230 Å². The van der Waals surface area contributed by atoms with Crippen LogP contribution in [0.2, 0.25) is 0 Å². The molecule has 70 heavy (non-hydrogen) atoms. The summed E-state index contributed by atoms with van der Waals surface area (Å²) in [6.45, 7) is 0. The summed E-state index contributed by atoms with van der Waals surface area (Å²) in [6.07, 6.45) is 6.50. The minimum atomic E-state index is 0.887. The van der Waals surface area contributed by atoms with E-state index in [-0.39, 0.29) is 0 Å². The third kappa shape index (κ3) is 5.90. The molecule has 1 aliphatic rings. The van der Waals surface area contributed by atoms with E-state index in [4.69, 9.17) is 13.3 Å². The van der Waals surface area contributed by atoms with Crippen LogP contribution in [0.3, 0.4) is 0 Å². The maximum absolute atomic E-state index is 6.64. The van der Waals surface area contributed by atoms with Crippen LogP contribution in [0.1, 0.15) is 17.5 Å². The number of benzene rings is 11. The molecule has 14 aromatic rings. The normalized spacial score (nSPS) is 12.7. The molecule has 328 valence electrons. The highest BCUT2D eigenvalue weighted by atomic mass is 16.3. The predicted molar refractivity (Wildman–Crippen MR) is 292 cm³/mol. The molecule has 15 rings (SSSR count). The van der Waals surface area contributed by atoms with Gasteiger partial charge in [-0.2, -0.15) is 0 Å². The number of hydrogen-bond acceptors (Lipinski definition) is 4. The highest BCUT2D eigenvalue weighted by Gasteiger charge is 2.21. The Balaban J connectivity index is 0.849. The molecule has 0 fully saturated rings. The summed E-state index contributed by atoms with van der Waals surface area (Å²) in [5.74, 6) is 0. The standard InChI is InChI=1S/C66H41NO3/c1-4-13-52-40(10-1)28-37-55-61-49(16-7-19-58(61)68-64(52)55)43-22-31-46(32-23-43)67(47-33-24-44(25-34-47)50-17-8-20-59-62(50)56-38-29-41-11-2-5-14-53(41)65(56)69-59)48-35-26-45(27-36-48)51-18-9-21-60-63(51)57-39-30-42-12-3-6-15-54(42)66(57)70-60/h1-5,7-14,16-39H,6,15H2. The van der Waals surface area contributed by atoms with Crippen LogP contribution in [0, 0.1) is 0 Å². The maximum atomic E-state index is 6.64. The van der Waals surface area contributed by atoms with Gasteiger partial charge in [0, 0.05) is 65.7 Å². The third-order valence-electron chi connectivity index (χ3n) is 14.7. The zero-order valence-corrected chi connectivity index (χ0v) is 37.9. The molecule has 4 nitrogen and oxygen atoms in total. The Morgan fingerprint density at radius 1 is 0.329 bits per heavy atom. The first-order chi connectivity index (χ1) is 34.7. The van der Waals surface area contributed by atoms with E-state index in [0.717, 1.165) is 134 Å². The largest absolute Gasteiger partial charge is 0.456 e. The van der Waals surface area contributed by atoms with Crippen molar-refractivity contribution in [3.8, 4) is 33.4 Å². The van der Waals surface area contributed by atoms with E-state index in [1.807, 2.05) is 0 Å². The molecule has 0 bridgehead atoms. The van der Waals surface area contributed by atoms with Crippen LogP contribution < -0.4 is 4.90 Å². The second-order valence-corrected chi connectivity index (χ2v) is 18.6. The molecule has 0 radical (unpaired) electrons.